The molecule has 4 aromatic rings. The van der Waals surface area contributed by atoms with Crippen molar-refractivity contribution in [2.24, 2.45) is 0 Å². The summed E-state index contributed by atoms with van der Waals surface area (Å²) in [5.74, 6) is -0.241. The summed E-state index contributed by atoms with van der Waals surface area (Å²) >= 11 is 1.37. The van der Waals surface area contributed by atoms with E-state index in [1.54, 1.807) is 24.5 Å². The van der Waals surface area contributed by atoms with E-state index in [0.29, 0.717) is 21.7 Å². The number of hydrogen-bond acceptors (Lipinski definition) is 5. The minimum absolute atomic E-state index is 0.241. The number of carbonyl (C=O) groups excluding carboxylic acids is 1. The fourth-order valence-corrected chi connectivity index (χ4v) is 2.94. The predicted molar refractivity (Wildman–Crippen MR) is 95.0 cm³/mol. The SMILES string of the molecule is O=C(Nc1nccs1)c1cccc2ncc(-c3ccccc3)nc12. The van der Waals surface area contributed by atoms with E-state index >= 15 is 0 Å². The van der Waals surface area contributed by atoms with Gasteiger partial charge < -0.3 is 0 Å². The topological polar surface area (TPSA) is 67.8 Å². The van der Waals surface area contributed by atoms with Crippen molar-refractivity contribution in [2.75, 3.05) is 5.32 Å². The number of nitrogens with zero attached hydrogens (tertiary/aromatic N) is 3. The zero-order chi connectivity index (χ0) is 16.4. The largest absolute Gasteiger partial charge is 0.298 e. The summed E-state index contributed by atoms with van der Waals surface area (Å²) < 4.78 is 0. The van der Waals surface area contributed by atoms with E-state index in [1.165, 1.54) is 11.3 Å². The highest BCUT2D eigenvalue weighted by Crippen LogP contribution is 2.22. The van der Waals surface area contributed by atoms with Gasteiger partial charge in [0.25, 0.3) is 5.91 Å². The summed E-state index contributed by atoms with van der Waals surface area (Å²) in [6.07, 6.45) is 3.37. The molecular weight excluding hydrogens is 320 g/mol. The Morgan fingerprint density at radius 3 is 2.67 bits per heavy atom. The van der Waals surface area contributed by atoms with Gasteiger partial charge in [0.2, 0.25) is 0 Å². The molecule has 0 radical (unpaired) electrons. The number of nitrogens with one attached hydrogen (secondary N) is 1. The van der Waals surface area contributed by atoms with Gasteiger partial charge in [-0.1, -0.05) is 36.4 Å². The molecule has 0 saturated heterocycles. The number of hydrogen-bond donors (Lipinski definition) is 1. The van der Waals surface area contributed by atoms with E-state index in [4.69, 9.17) is 0 Å². The molecule has 2 aromatic heterocycles. The predicted octanol–water partition coefficient (Wildman–Crippen LogP) is 4.01. The molecule has 0 aliphatic carbocycles. The Morgan fingerprint density at radius 1 is 1.00 bits per heavy atom. The summed E-state index contributed by atoms with van der Waals surface area (Å²) in [4.78, 5) is 25.7. The van der Waals surface area contributed by atoms with Crippen LogP contribution in [0.5, 0.6) is 0 Å². The Hall–Kier alpha value is -3.12. The molecule has 1 amide bonds. The van der Waals surface area contributed by atoms with Gasteiger partial charge in [-0.25, -0.2) is 9.97 Å². The highest BCUT2D eigenvalue weighted by atomic mass is 32.1. The lowest BCUT2D eigenvalue weighted by Gasteiger charge is -2.07. The molecule has 0 aliphatic rings. The van der Waals surface area contributed by atoms with Gasteiger partial charge >= 0.3 is 0 Å². The van der Waals surface area contributed by atoms with Crippen molar-refractivity contribution in [1.29, 1.82) is 0 Å². The number of aromatic nitrogens is 3. The zero-order valence-electron chi connectivity index (χ0n) is 12.5. The van der Waals surface area contributed by atoms with Crippen LogP contribution in [0.3, 0.4) is 0 Å². The van der Waals surface area contributed by atoms with E-state index in [1.807, 2.05) is 41.8 Å². The molecule has 4 rings (SSSR count). The van der Waals surface area contributed by atoms with E-state index in [2.05, 4.69) is 20.3 Å². The molecule has 0 spiro atoms. The van der Waals surface area contributed by atoms with Crippen LogP contribution in [0.4, 0.5) is 5.13 Å². The minimum atomic E-state index is -0.241. The summed E-state index contributed by atoms with van der Waals surface area (Å²) in [6, 6.07) is 15.2. The number of para-hydroxylation sites is 1. The Labute approximate surface area is 142 Å². The molecule has 0 atom stereocenters. The van der Waals surface area contributed by atoms with Gasteiger partial charge in [-0.2, -0.15) is 0 Å². The van der Waals surface area contributed by atoms with Gasteiger partial charge in [0.1, 0.15) is 5.52 Å². The van der Waals surface area contributed by atoms with Gasteiger partial charge in [0.15, 0.2) is 5.13 Å². The van der Waals surface area contributed by atoms with Gasteiger partial charge in [0.05, 0.1) is 23.0 Å². The van der Waals surface area contributed by atoms with Crippen molar-refractivity contribution in [3.8, 4) is 11.3 Å². The lowest BCUT2D eigenvalue weighted by atomic mass is 10.1. The second-order valence-corrected chi connectivity index (χ2v) is 5.98. The number of anilines is 1. The van der Waals surface area contributed by atoms with Crippen molar-refractivity contribution in [3.63, 3.8) is 0 Å². The van der Waals surface area contributed by atoms with E-state index in [0.717, 1.165) is 11.3 Å². The Bertz CT molecular complexity index is 1000. The second kappa shape index (κ2) is 6.17. The summed E-state index contributed by atoms with van der Waals surface area (Å²) in [5.41, 5.74) is 3.43. The fraction of sp³-hybridized carbons (Fsp3) is 0. The Morgan fingerprint density at radius 2 is 1.88 bits per heavy atom. The Kier molecular flexibility index (Phi) is 3.72. The third kappa shape index (κ3) is 2.75. The van der Waals surface area contributed by atoms with Crippen molar-refractivity contribution >= 4 is 33.4 Å². The first-order valence-corrected chi connectivity index (χ1v) is 8.21. The molecule has 1 N–H and O–H groups in total. The summed E-state index contributed by atoms with van der Waals surface area (Å²) in [5, 5.41) is 5.16. The number of amides is 1. The van der Waals surface area contributed by atoms with Crippen LogP contribution in [0.2, 0.25) is 0 Å². The van der Waals surface area contributed by atoms with E-state index in [9.17, 15) is 4.79 Å². The molecule has 24 heavy (non-hydrogen) atoms. The zero-order valence-corrected chi connectivity index (χ0v) is 13.3. The first kappa shape index (κ1) is 14.5. The molecule has 0 bridgehead atoms. The van der Waals surface area contributed by atoms with Gasteiger partial charge in [-0.15, -0.1) is 11.3 Å². The Balaban J connectivity index is 1.79. The molecule has 0 aliphatic heterocycles. The van der Waals surface area contributed by atoms with Gasteiger partial charge in [0, 0.05) is 17.1 Å². The quantitative estimate of drug-likeness (QED) is 0.615. The van der Waals surface area contributed by atoms with Crippen molar-refractivity contribution in [1.82, 2.24) is 15.0 Å². The fourth-order valence-electron chi connectivity index (χ4n) is 2.41. The van der Waals surface area contributed by atoms with Crippen molar-refractivity contribution in [3.05, 3.63) is 71.9 Å². The first-order chi connectivity index (χ1) is 11.8. The van der Waals surface area contributed by atoms with Crippen molar-refractivity contribution in [2.45, 2.75) is 0 Å². The smallest absolute Gasteiger partial charge is 0.259 e. The normalized spacial score (nSPS) is 10.7. The van der Waals surface area contributed by atoms with Crippen LogP contribution < -0.4 is 5.32 Å². The van der Waals surface area contributed by atoms with Crippen LogP contribution in [0, 0.1) is 0 Å². The van der Waals surface area contributed by atoms with Crippen molar-refractivity contribution < 1.29 is 4.79 Å². The van der Waals surface area contributed by atoms with Crippen LogP contribution >= 0.6 is 11.3 Å². The molecule has 0 saturated carbocycles. The van der Waals surface area contributed by atoms with Crippen LogP contribution in [-0.2, 0) is 0 Å². The number of rotatable bonds is 3. The molecule has 2 aromatic carbocycles. The molecule has 5 nitrogen and oxygen atoms in total. The molecule has 6 heteroatoms. The first-order valence-electron chi connectivity index (χ1n) is 7.33. The molecule has 0 fully saturated rings. The van der Waals surface area contributed by atoms with E-state index < -0.39 is 0 Å². The van der Waals surface area contributed by atoms with E-state index in [-0.39, 0.29) is 5.91 Å². The molecule has 0 unspecified atom stereocenters. The number of carbonyl (C=O) groups is 1. The number of fused-ring (bicyclic) bond motifs is 1. The average molecular weight is 332 g/mol. The number of benzene rings is 2. The standard InChI is InChI=1S/C18H12N4OS/c23-17(22-18-19-9-10-24-18)13-7-4-8-14-16(13)21-15(11-20-14)12-5-2-1-3-6-12/h1-11H,(H,19,22,23). The number of thiazole rings is 1. The van der Waals surface area contributed by atoms with Crippen LogP contribution in [0.1, 0.15) is 10.4 Å². The minimum Gasteiger partial charge on any atom is -0.298 e. The highest BCUT2D eigenvalue weighted by molar-refractivity contribution is 7.13. The third-order valence-corrected chi connectivity index (χ3v) is 4.23. The van der Waals surface area contributed by atoms with Crippen LogP contribution in [-0.4, -0.2) is 20.9 Å². The monoisotopic (exact) mass is 332 g/mol. The van der Waals surface area contributed by atoms with Gasteiger partial charge in [-0.05, 0) is 12.1 Å². The maximum Gasteiger partial charge on any atom is 0.259 e. The maximum absolute atomic E-state index is 12.6. The van der Waals surface area contributed by atoms with Gasteiger partial charge in [-0.3, -0.25) is 15.1 Å². The third-order valence-electron chi connectivity index (χ3n) is 3.54. The molecule has 116 valence electrons. The molecular formula is C18H12N4OS. The summed E-state index contributed by atoms with van der Waals surface area (Å²) in [6.45, 7) is 0. The highest BCUT2D eigenvalue weighted by Gasteiger charge is 2.14. The lowest BCUT2D eigenvalue weighted by molar-refractivity contribution is 0.102. The lowest BCUT2D eigenvalue weighted by Crippen LogP contribution is -2.12. The maximum atomic E-state index is 12.6. The molecule has 2 heterocycles. The van der Waals surface area contributed by atoms with Crippen LogP contribution in [0.25, 0.3) is 22.3 Å². The summed E-state index contributed by atoms with van der Waals surface area (Å²) in [7, 11) is 0. The average Bonchev–Trinajstić information content (AvgIpc) is 3.14. The van der Waals surface area contributed by atoms with Crippen LogP contribution in [0.15, 0.2) is 66.3 Å². The second-order valence-electron chi connectivity index (χ2n) is 5.09.